The maximum atomic E-state index is 12.5. The second-order valence-corrected chi connectivity index (χ2v) is 9.10. The molecule has 0 radical (unpaired) electrons. The molecular weight excluding hydrogens is 405 g/mol. The van der Waals surface area contributed by atoms with E-state index in [9.17, 15) is 8.42 Å². The lowest BCUT2D eigenvalue weighted by atomic mass is 10.2. The van der Waals surface area contributed by atoms with Crippen LogP contribution in [0.4, 0.5) is 0 Å². The van der Waals surface area contributed by atoms with E-state index in [0.717, 1.165) is 9.18 Å². The second-order valence-electron chi connectivity index (χ2n) is 5.24. The molecule has 0 bridgehead atoms. The van der Waals surface area contributed by atoms with Crippen LogP contribution < -0.4 is 0 Å². The molecule has 2 heterocycles. The van der Waals surface area contributed by atoms with Crippen molar-refractivity contribution in [2.75, 3.05) is 7.05 Å². The van der Waals surface area contributed by atoms with Gasteiger partial charge in [-0.2, -0.15) is 9.29 Å². The van der Waals surface area contributed by atoms with Crippen molar-refractivity contribution in [3.8, 4) is 10.7 Å². The normalized spacial score (nSPS) is 12.0. The molecule has 0 spiro atoms. The molecule has 3 rings (SSSR count). The van der Waals surface area contributed by atoms with Gasteiger partial charge in [0.15, 0.2) is 0 Å². The van der Waals surface area contributed by atoms with Gasteiger partial charge in [0.2, 0.25) is 21.7 Å². The maximum absolute atomic E-state index is 12.5. The molecule has 0 fully saturated rings. The second kappa shape index (κ2) is 7.43. The van der Waals surface area contributed by atoms with Gasteiger partial charge in [-0.15, -0.1) is 11.3 Å². The van der Waals surface area contributed by atoms with Crippen molar-refractivity contribution in [2.45, 2.75) is 12.3 Å². The molecule has 1 aromatic carbocycles. The van der Waals surface area contributed by atoms with Crippen LogP contribution in [0.15, 0.2) is 40.2 Å². The molecule has 0 N–H and O–H groups in total. The van der Waals surface area contributed by atoms with Crippen molar-refractivity contribution in [1.29, 1.82) is 0 Å². The molecule has 0 amide bonds. The number of sulfonamides is 1. The number of halogens is 2. The lowest BCUT2D eigenvalue weighted by molar-refractivity contribution is 0.336. The minimum absolute atomic E-state index is 0.0219. The van der Waals surface area contributed by atoms with E-state index >= 15 is 0 Å². The lowest BCUT2D eigenvalue weighted by Crippen LogP contribution is -2.28. The number of nitrogens with zero attached hydrogens (tertiary/aromatic N) is 3. The Morgan fingerprint density at radius 2 is 2.08 bits per heavy atom. The van der Waals surface area contributed by atoms with Gasteiger partial charge >= 0.3 is 0 Å². The van der Waals surface area contributed by atoms with Crippen LogP contribution in [-0.2, 0) is 22.3 Å². The monoisotopic (exact) mass is 417 g/mol. The molecule has 25 heavy (non-hydrogen) atoms. The minimum Gasteiger partial charge on any atom is -0.337 e. The van der Waals surface area contributed by atoms with E-state index in [2.05, 4.69) is 10.1 Å². The van der Waals surface area contributed by atoms with Gasteiger partial charge in [0.1, 0.15) is 0 Å². The molecule has 0 aliphatic rings. The van der Waals surface area contributed by atoms with Crippen molar-refractivity contribution >= 4 is 44.6 Å². The fraction of sp³-hybridized carbons (Fsp3) is 0.200. The summed E-state index contributed by atoms with van der Waals surface area (Å²) in [5.41, 5.74) is 0.475. The molecule has 132 valence electrons. The van der Waals surface area contributed by atoms with E-state index in [1.54, 1.807) is 12.1 Å². The fourth-order valence-corrected chi connectivity index (χ4v) is 4.44. The topological polar surface area (TPSA) is 76.3 Å². The van der Waals surface area contributed by atoms with Gasteiger partial charge in [-0.1, -0.05) is 40.5 Å². The van der Waals surface area contributed by atoms with Crippen LogP contribution in [0.25, 0.3) is 10.7 Å². The highest BCUT2D eigenvalue weighted by molar-refractivity contribution is 7.88. The fourth-order valence-electron chi connectivity index (χ4n) is 2.06. The van der Waals surface area contributed by atoms with Gasteiger partial charge in [-0.05, 0) is 29.1 Å². The SMILES string of the molecule is CN(Cc1nc(-c2cccs2)no1)S(=O)(=O)Cc1ccc(Cl)cc1Cl. The van der Waals surface area contributed by atoms with Gasteiger partial charge in [0.25, 0.3) is 0 Å². The maximum Gasteiger partial charge on any atom is 0.242 e. The van der Waals surface area contributed by atoms with Gasteiger partial charge in [0, 0.05) is 17.1 Å². The Balaban J connectivity index is 1.72. The summed E-state index contributed by atoms with van der Waals surface area (Å²) in [6.45, 7) is -0.0219. The van der Waals surface area contributed by atoms with Gasteiger partial charge in [-0.3, -0.25) is 0 Å². The van der Waals surface area contributed by atoms with Crippen LogP contribution in [0.5, 0.6) is 0 Å². The number of hydrogen-bond donors (Lipinski definition) is 0. The van der Waals surface area contributed by atoms with Gasteiger partial charge in [-0.25, -0.2) is 8.42 Å². The largest absolute Gasteiger partial charge is 0.337 e. The average Bonchev–Trinajstić information content (AvgIpc) is 3.21. The number of aromatic nitrogens is 2. The summed E-state index contributed by atoms with van der Waals surface area (Å²) < 4.78 is 31.3. The summed E-state index contributed by atoms with van der Waals surface area (Å²) in [4.78, 5) is 5.08. The van der Waals surface area contributed by atoms with E-state index in [4.69, 9.17) is 27.7 Å². The predicted molar refractivity (Wildman–Crippen MR) is 98.2 cm³/mol. The molecule has 0 unspecified atom stereocenters. The van der Waals surface area contributed by atoms with Crippen molar-refractivity contribution < 1.29 is 12.9 Å². The smallest absolute Gasteiger partial charge is 0.242 e. The molecule has 2 aromatic heterocycles. The minimum atomic E-state index is -3.61. The Morgan fingerprint density at radius 1 is 1.28 bits per heavy atom. The highest BCUT2D eigenvalue weighted by Gasteiger charge is 2.23. The summed E-state index contributed by atoms with van der Waals surface area (Å²) >= 11 is 13.4. The van der Waals surface area contributed by atoms with Gasteiger partial charge < -0.3 is 4.52 Å². The third kappa shape index (κ3) is 4.39. The Morgan fingerprint density at radius 3 is 2.76 bits per heavy atom. The van der Waals surface area contributed by atoms with E-state index in [-0.39, 0.29) is 18.2 Å². The summed E-state index contributed by atoms with van der Waals surface area (Å²) in [6, 6.07) is 8.45. The van der Waals surface area contributed by atoms with Crippen LogP contribution in [-0.4, -0.2) is 29.9 Å². The molecule has 0 aliphatic heterocycles. The molecule has 0 saturated carbocycles. The molecule has 6 nitrogen and oxygen atoms in total. The zero-order valence-electron chi connectivity index (χ0n) is 13.0. The van der Waals surface area contributed by atoms with Crippen molar-refractivity contribution in [3.63, 3.8) is 0 Å². The summed E-state index contributed by atoms with van der Waals surface area (Å²) in [5, 5.41) is 6.53. The average molecular weight is 418 g/mol. The molecule has 10 heteroatoms. The molecule has 0 saturated heterocycles. The van der Waals surface area contributed by atoms with E-state index in [1.807, 2.05) is 17.5 Å². The Bertz CT molecular complexity index is 972. The Labute approximate surface area is 159 Å². The van der Waals surface area contributed by atoms with Crippen molar-refractivity contribution in [2.24, 2.45) is 0 Å². The van der Waals surface area contributed by atoms with E-state index in [0.29, 0.717) is 21.4 Å². The first kappa shape index (κ1) is 18.3. The first-order valence-electron chi connectivity index (χ1n) is 7.09. The summed E-state index contributed by atoms with van der Waals surface area (Å²) in [7, 11) is -2.16. The van der Waals surface area contributed by atoms with Crippen LogP contribution >= 0.6 is 34.5 Å². The van der Waals surface area contributed by atoms with Crippen LogP contribution in [0.2, 0.25) is 10.0 Å². The number of hydrogen-bond acceptors (Lipinski definition) is 6. The van der Waals surface area contributed by atoms with Crippen molar-refractivity contribution in [3.05, 3.63) is 57.2 Å². The number of thiophene rings is 1. The third-order valence-electron chi connectivity index (χ3n) is 3.40. The zero-order chi connectivity index (χ0) is 18.0. The van der Waals surface area contributed by atoms with Crippen LogP contribution in [0.1, 0.15) is 11.5 Å². The third-order valence-corrected chi connectivity index (χ3v) is 6.60. The quantitative estimate of drug-likeness (QED) is 0.603. The summed E-state index contributed by atoms with van der Waals surface area (Å²) in [6.07, 6.45) is 0. The van der Waals surface area contributed by atoms with Gasteiger partial charge in [0.05, 0.1) is 17.2 Å². The van der Waals surface area contributed by atoms with E-state index < -0.39 is 10.0 Å². The first-order chi connectivity index (χ1) is 11.8. The molecule has 3 aromatic rings. The van der Waals surface area contributed by atoms with E-state index in [1.165, 1.54) is 24.5 Å². The van der Waals surface area contributed by atoms with Crippen molar-refractivity contribution in [1.82, 2.24) is 14.4 Å². The Kier molecular flexibility index (Phi) is 5.45. The highest BCUT2D eigenvalue weighted by Crippen LogP contribution is 2.25. The molecule has 0 atom stereocenters. The predicted octanol–water partition coefficient (Wildman–Crippen LogP) is 4.07. The molecular formula is C15H13Cl2N3O3S2. The number of benzene rings is 1. The van der Waals surface area contributed by atoms with Crippen LogP contribution in [0.3, 0.4) is 0 Å². The highest BCUT2D eigenvalue weighted by atomic mass is 35.5. The standard InChI is InChI=1S/C15H13Cl2N3O3S2/c1-20(8-14-18-15(19-23-14)13-3-2-6-24-13)25(21,22)9-10-4-5-11(16)7-12(10)17/h2-7H,8-9H2,1H3. The zero-order valence-corrected chi connectivity index (χ0v) is 16.2. The summed E-state index contributed by atoms with van der Waals surface area (Å²) in [5.74, 6) is 0.416. The first-order valence-corrected chi connectivity index (χ1v) is 10.3. The number of rotatable bonds is 6. The van der Waals surface area contributed by atoms with Crippen LogP contribution in [0, 0.1) is 0 Å². The lowest BCUT2D eigenvalue weighted by Gasteiger charge is -2.15. The Hall–Kier alpha value is -1.45. The molecule has 0 aliphatic carbocycles.